The summed E-state index contributed by atoms with van der Waals surface area (Å²) in [6, 6.07) is 15.5. The molecule has 0 spiro atoms. The number of amides is 1. The smallest absolute Gasteiger partial charge is 0.233 e. The van der Waals surface area contributed by atoms with Crippen molar-refractivity contribution in [3.8, 4) is 17.2 Å². The minimum Gasteiger partial charge on any atom is -0.381 e. The van der Waals surface area contributed by atoms with Crippen LogP contribution in [0.4, 0.5) is 0 Å². The van der Waals surface area contributed by atoms with Gasteiger partial charge in [0.2, 0.25) is 6.41 Å². The van der Waals surface area contributed by atoms with Crippen molar-refractivity contribution >= 4 is 16.2 Å². The molecule has 0 aliphatic carbocycles. The molecule has 1 heterocycles. The van der Waals surface area contributed by atoms with Crippen LogP contribution in [0.2, 0.25) is 0 Å². The fourth-order valence-electron chi connectivity index (χ4n) is 3.36. The van der Waals surface area contributed by atoms with Crippen molar-refractivity contribution in [3.63, 3.8) is 0 Å². The number of hydroxylamine groups is 2. The first-order chi connectivity index (χ1) is 13.4. The molecule has 1 N–H and O–H groups in total. The Morgan fingerprint density at radius 1 is 1.14 bits per heavy atom. The molecule has 1 amide bonds. The first-order valence-electron chi connectivity index (χ1n) is 8.75. The van der Waals surface area contributed by atoms with E-state index in [1.807, 2.05) is 6.07 Å². The largest absolute Gasteiger partial charge is 0.381 e. The summed E-state index contributed by atoms with van der Waals surface area (Å²) in [5, 5.41) is 19.5. The van der Waals surface area contributed by atoms with E-state index in [9.17, 15) is 18.4 Å². The molecular formula is C20H20N2O5S. The van der Waals surface area contributed by atoms with Crippen molar-refractivity contribution in [1.82, 2.24) is 5.06 Å². The van der Waals surface area contributed by atoms with E-state index in [1.54, 1.807) is 30.3 Å². The molecule has 2 aromatic rings. The number of benzene rings is 2. The first-order valence-corrected chi connectivity index (χ1v) is 10.4. The zero-order valence-corrected chi connectivity index (χ0v) is 15.9. The maximum absolute atomic E-state index is 12.9. The second-order valence-corrected chi connectivity index (χ2v) is 8.75. The number of hydrogen-bond acceptors (Lipinski definition) is 6. The van der Waals surface area contributed by atoms with Gasteiger partial charge in [-0.3, -0.25) is 10.0 Å². The maximum atomic E-state index is 12.9. The van der Waals surface area contributed by atoms with E-state index in [1.165, 1.54) is 12.1 Å². The molecule has 146 valence electrons. The number of ether oxygens (including phenoxy) is 1. The summed E-state index contributed by atoms with van der Waals surface area (Å²) in [4.78, 5) is 11.2. The Morgan fingerprint density at radius 2 is 1.82 bits per heavy atom. The number of hydrogen-bond donors (Lipinski definition) is 1. The minimum atomic E-state index is -3.75. The summed E-state index contributed by atoms with van der Waals surface area (Å²) in [6.07, 6.45) is 0.715. The third-order valence-corrected chi connectivity index (χ3v) is 6.91. The second kappa shape index (κ2) is 8.10. The van der Waals surface area contributed by atoms with Gasteiger partial charge in [-0.1, -0.05) is 24.3 Å². The van der Waals surface area contributed by atoms with Gasteiger partial charge in [-0.2, -0.15) is 5.26 Å². The number of carbonyl (C=O) groups excluding carboxylic acids is 1. The highest BCUT2D eigenvalue weighted by molar-refractivity contribution is 7.91. The fraction of sp³-hybridized carbons (Fsp3) is 0.300. The van der Waals surface area contributed by atoms with Crippen LogP contribution in [-0.4, -0.2) is 49.6 Å². The lowest BCUT2D eigenvalue weighted by Gasteiger charge is -2.40. The summed E-state index contributed by atoms with van der Waals surface area (Å²) in [5.41, 5.74) is 0.922. The number of carbonyl (C=O) groups is 1. The van der Waals surface area contributed by atoms with E-state index >= 15 is 0 Å². The standard InChI is InChI=1S/C20H20N2O5S/c21-13-16-2-1-3-18(12-16)17-4-6-19(7-5-17)28(25,26)14-20(22(24)15-23)8-10-27-11-9-20/h1-7,12,15,24H,8-11,14H2. The quantitative estimate of drug-likeness (QED) is 0.453. The van der Waals surface area contributed by atoms with Crippen LogP contribution < -0.4 is 0 Å². The van der Waals surface area contributed by atoms with E-state index in [-0.39, 0.29) is 43.1 Å². The Labute approximate surface area is 163 Å². The monoisotopic (exact) mass is 400 g/mol. The molecule has 0 atom stereocenters. The van der Waals surface area contributed by atoms with Crippen molar-refractivity contribution in [3.05, 3.63) is 54.1 Å². The molecule has 0 bridgehead atoms. The average Bonchev–Trinajstić information content (AvgIpc) is 2.73. The van der Waals surface area contributed by atoms with Crippen molar-refractivity contribution in [2.45, 2.75) is 23.3 Å². The predicted octanol–water partition coefficient (Wildman–Crippen LogP) is 2.40. The van der Waals surface area contributed by atoms with Crippen LogP contribution in [0, 0.1) is 11.3 Å². The molecule has 0 aromatic heterocycles. The van der Waals surface area contributed by atoms with Gasteiger partial charge in [0.15, 0.2) is 9.84 Å². The van der Waals surface area contributed by atoms with Crippen molar-refractivity contribution in [2.24, 2.45) is 0 Å². The summed E-state index contributed by atoms with van der Waals surface area (Å²) < 4.78 is 31.1. The van der Waals surface area contributed by atoms with Gasteiger partial charge in [0.1, 0.15) is 0 Å². The molecule has 2 aromatic carbocycles. The van der Waals surface area contributed by atoms with E-state index in [2.05, 4.69) is 6.07 Å². The van der Waals surface area contributed by atoms with Gasteiger partial charge in [-0.25, -0.2) is 13.5 Å². The normalized spacial score (nSPS) is 16.1. The van der Waals surface area contributed by atoms with Crippen LogP contribution in [-0.2, 0) is 19.4 Å². The summed E-state index contributed by atoms with van der Waals surface area (Å²) in [5.74, 6) is -0.387. The maximum Gasteiger partial charge on any atom is 0.233 e. The van der Waals surface area contributed by atoms with Gasteiger partial charge in [-0.15, -0.1) is 0 Å². The number of rotatable bonds is 6. The van der Waals surface area contributed by atoms with Crippen molar-refractivity contribution in [1.29, 1.82) is 5.26 Å². The van der Waals surface area contributed by atoms with Gasteiger partial charge in [-0.05, 0) is 48.2 Å². The summed E-state index contributed by atoms with van der Waals surface area (Å²) in [6.45, 7) is 0.545. The highest BCUT2D eigenvalue weighted by Gasteiger charge is 2.42. The van der Waals surface area contributed by atoms with Crippen LogP contribution in [0.15, 0.2) is 53.4 Å². The lowest BCUT2D eigenvalue weighted by atomic mass is 9.92. The molecule has 1 saturated heterocycles. The topological polar surface area (TPSA) is 108 Å². The van der Waals surface area contributed by atoms with Gasteiger partial charge < -0.3 is 4.74 Å². The Hall–Kier alpha value is -2.73. The van der Waals surface area contributed by atoms with E-state index in [4.69, 9.17) is 10.00 Å². The van der Waals surface area contributed by atoms with Gasteiger partial charge in [0.25, 0.3) is 0 Å². The molecule has 8 heteroatoms. The van der Waals surface area contributed by atoms with Crippen LogP contribution in [0.25, 0.3) is 11.1 Å². The minimum absolute atomic E-state index is 0.109. The average molecular weight is 400 g/mol. The zero-order valence-electron chi connectivity index (χ0n) is 15.1. The Morgan fingerprint density at radius 3 is 2.43 bits per heavy atom. The first kappa shape index (κ1) is 20.0. The Balaban J connectivity index is 1.87. The summed E-state index contributed by atoms with van der Waals surface area (Å²) >= 11 is 0. The Kier molecular flexibility index (Phi) is 5.79. The molecule has 28 heavy (non-hydrogen) atoms. The molecule has 3 rings (SSSR count). The van der Waals surface area contributed by atoms with Gasteiger partial charge in [0, 0.05) is 13.2 Å². The van der Waals surface area contributed by atoms with Gasteiger partial charge in [0.05, 0.1) is 27.8 Å². The van der Waals surface area contributed by atoms with Crippen molar-refractivity contribution in [2.75, 3.05) is 19.0 Å². The number of nitriles is 1. The molecule has 0 saturated carbocycles. The molecule has 1 fully saturated rings. The Bertz CT molecular complexity index is 990. The number of nitrogens with zero attached hydrogens (tertiary/aromatic N) is 2. The molecule has 1 aliphatic rings. The molecule has 0 radical (unpaired) electrons. The van der Waals surface area contributed by atoms with E-state index < -0.39 is 15.4 Å². The lowest BCUT2D eigenvalue weighted by Crippen LogP contribution is -2.54. The highest BCUT2D eigenvalue weighted by atomic mass is 32.2. The number of sulfone groups is 1. The highest BCUT2D eigenvalue weighted by Crippen LogP contribution is 2.31. The second-order valence-electron chi connectivity index (χ2n) is 6.76. The van der Waals surface area contributed by atoms with Crippen LogP contribution >= 0.6 is 0 Å². The molecule has 0 unspecified atom stereocenters. The summed E-state index contributed by atoms with van der Waals surface area (Å²) in [7, 11) is -3.75. The zero-order chi connectivity index (χ0) is 20.2. The molecule has 7 nitrogen and oxygen atoms in total. The third-order valence-electron chi connectivity index (χ3n) is 5.01. The van der Waals surface area contributed by atoms with Gasteiger partial charge >= 0.3 is 0 Å². The van der Waals surface area contributed by atoms with Crippen LogP contribution in [0.1, 0.15) is 18.4 Å². The lowest BCUT2D eigenvalue weighted by molar-refractivity contribution is -0.188. The van der Waals surface area contributed by atoms with Crippen molar-refractivity contribution < 1.29 is 23.2 Å². The SMILES string of the molecule is N#Cc1cccc(-c2ccc(S(=O)(=O)CC3(N(O)C=O)CCOCC3)cc2)c1. The molecule has 1 aliphatic heterocycles. The fourth-order valence-corrected chi connectivity index (χ4v) is 5.21. The molecular weight excluding hydrogens is 380 g/mol. The van der Waals surface area contributed by atoms with E-state index in [0.717, 1.165) is 11.1 Å². The predicted molar refractivity (Wildman–Crippen MR) is 101 cm³/mol. The van der Waals surface area contributed by atoms with Crippen LogP contribution in [0.3, 0.4) is 0 Å². The third kappa shape index (κ3) is 4.07. The van der Waals surface area contributed by atoms with E-state index in [0.29, 0.717) is 10.6 Å². The van der Waals surface area contributed by atoms with Crippen LogP contribution in [0.5, 0.6) is 0 Å².